The van der Waals surface area contributed by atoms with Crippen LogP contribution in [-0.2, 0) is 6.42 Å². The third-order valence-corrected chi connectivity index (χ3v) is 2.77. The molecule has 1 saturated carbocycles. The quantitative estimate of drug-likeness (QED) is 0.818. The maximum absolute atomic E-state index is 12.1. The van der Waals surface area contributed by atoms with Gasteiger partial charge in [-0.3, -0.25) is 9.89 Å². The van der Waals surface area contributed by atoms with Gasteiger partial charge in [-0.25, -0.2) is 4.98 Å². The summed E-state index contributed by atoms with van der Waals surface area (Å²) in [6, 6.07) is 0.427. The van der Waals surface area contributed by atoms with Crippen molar-refractivity contribution in [1.82, 2.24) is 20.1 Å². The van der Waals surface area contributed by atoms with Gasteiger partial charge in [0.15, 0.2) is 0 Å². The minimum atomic E-state index is -0.0275. The summed E-state index contributed by atoms with van der Waals surface area (Å²) >= 11 is 0. The van der Waals surface area contributed by atoms with Crippen LogP contribution in [0, 0.1) is 0 Å². The molecule has 1 aromatic heterocycles. The third kappa shape index (κ3) is 2.23. The molecule has 1 aliphatic rings. The van der Waals surface area contributed by atoms with E-state index < -0.39 is 0 Å². The van der Waals surface area contributed by atoms with Gasteiger partial charge in [-0.2, -0.15) is 0 Å². The van der Waals surface area contributed by atoms with Gasteiger partial charge in [-0.1, -0.05) is 13.8 Å². The van der Waals surface area contributed by atoms with Crippen LogP contribution >= 0.6 is 0 Å². The summed E-state index contributed by atoms with van der Waals surface area (Å²) in [6.45, 7) is 4.87. The van der Waals surface area contributed by atoms with Crippen LogP contribution in [-0.4, -0.2) is 38.6 Å². The Balaban J connectivity index is 2.09. The van der Waals surface area contributed by atoms with Crippen molar-refractivity contribution < 1.29 is 4.79 Å². The zero-order valence-corrected chi connectivity index (χ0v) is 9.86. The molecule has 0 bridgehead atoms. The normalized spacial score (nSPS) is 15.1. The molecular formula is C11H18N4O. The highest BCUT2D eigenvalue weighted by Crippen LogP contribution is 2.27. The number of aromatic nitrogens is 3. The molecule has 1 amide bonds. The topological polar surface area (TPSA) is 61.9 Å². The van der Waals surface area contributed by atoms with Gasteiger partial charge >= 0.3 is 0 Å². The van der Waals surface area contributed by atoms with Crippen LogP contribution in [0.1, 0.15) is 49.6 Å². The Morgan fingerprint density at radius 3 is 2.75 bits per heavy atom. The number of aromatic amines is 1. The fourth-order valence-electron chi connectivity index (χ4n) is 1.75. The van der Waals surface area contributed by atoms with Crippen molar-refractivity contribution in [2.45, 2.75) is 45.6 Å². The second-order valence-corrected chi connectivity index (χ2v) is 4.19. The molecule has 0 aromatic carbocycles. The van der Waals surface area contributed by atoms with Crippen LogP contribution in [0.4, 0.5) is 0 Å². The molecule has 2 rings (SSSR count). The van der Waals surface area contributed by atoms with Crippen LogP contribution < -0.4 is 0 Å². The Morgan fingerprint density at radius 1 is 1.50 bits per heavy atom. The van der Waals surface area contributed by atoms with Crippen LogP contribution in [0.15, 0.2) is 0 Å². The summed E-state index contributed by atoms with van der Waals surface area (Å²) in [6.07, 6.45) is 4.00. The van der Waals surface area contributed by atoms with E-state index in [0.717, 1.165) is 38.1 Å². The maximum atomic E-state index is 12.1. The minimum Gasteiger partial charge on any atom is -0.333 e. The van der Waals surface area contributed by atoms with E-state index in [0.29, 0.717) is 11.9 Å². The molecule has 1 aliphatic carbocycles. The molecule has 16 heavy (non-hydrogen) atoms. The summed E-state index contributed by atoms with van der Waals surface area (Å²) in [5, 5.41) is 6.76. The summed E-state index contributed by atoms with van der Waals surface area (Å²) < 4.78 is 0. The fourth-order valence-corrected chi connectivity index (χ4v) is 1.75. The Hall–Kier alpha value is -1.39. The lowest BCUT2D eigenvalue weighted by Gasteiger charge is -2.19. The molecule has 1 N–H and O–H groups in total. The number of nitrogens with one attached hydrogen (secondary N) is 1. The standard InChI is InChI=1S/C11H18N4O/c1-3-7-15(8-5-6-8)11(16)10-12-9(4-2)13-14-10/h8H,3-7H2,1-2H3,(H,12,13,14). The Morgan fingerprint density at radius 2 is 2.25 bits per heavy atom. The highest BCUT2D eigenvalue weighted by molar-refractivity contribution is 5.90. The molecular weight excluding hydrogens is 204 g/mol. The van der Waals surface area contributed by atoms with Gasteiger partial charge in [-0.05, 0) is 19.3 Å². The SMILES string of the molecule is CCCN(C(=O)c1n[nH]c(CC)n1)C1CC1. The molecule has 0 spiro atoms. The molecule has 0 unspecified atom stereocenters. The molecule has 88 valence electrons. The van der Waals surface area contributed by atoms with E-state index in [1.807, 2.05) is 11.8 Å². The summed E-state index contributed by atoms with van der Waals surface area (Å²) in [7, 11) is 0. The van der Waals surface area contributed by atoms with Crippen molar-refractivity contribution in [2.75, 3.05) is 6.54 Å². The second-order valence-electron chi connectivity index (χ2n) is 4.19. The lowest BCUT2D eigenvalue weighted by Crippen LogP contribution is -2.34. The number of aryl methyl sites for hydroxylation is 1. The first kappa shape index (κ1) is 11.1. The first-order valence-electron chi connectivity index (χ1n) is 5.98. The maximum Gasteiger partial charge on any atom is 0.293 e. The molecule has 1 fully saturated rings. The number of H-pyrrole nitrogens is 1. The first-order chi connectivity index (χ1) is 7.76. The van der Waals surface area contributed by atoms with Crippen LogP contribution in [0.3, 0.4) is 0 Å². The molecule has 0 saturated heterocycles. The minimum absolute atomic E-state index is 0.0275. The first-order valence-corrected chi connectivity index (χ1v) is 5.98. The van der Waals surface area contributed by atoms with Gasteiger partial charge in [0.05, 0.1) is 0 Å². The number of carbonyl (C=O) groups is 1. The van der Waals surface area contributed by atoms with Crippen molar-refractivity contribution >= 4 is 5.91 Å². The predicted molar refractivity (Wildman–Crippen MR) is 60.1 cm³/mol. The van der Waals surface area contributed by atoms with Crippen molar-refractivity contribution in [1.29, 1.82) is 0 Å². The predicted octanol–water partition coefficient (Wildman–Crippen LogP) is 1.38. The van der Waals surface area contributed by atoms with E-state index in [1.165, 1.54) is 0 Å². The van der Waals surface area contributed by atoms with Crippen molar-refractivity contribution in [2.24, 2.45) is 0 Å². The highest BCUT2D eigenvalue weighted by atomic mass is 16.2. The van der Waals surface area contributed by atoms with Gasteiger partial charge in [-0.15, -0.1) is 5.10 Å². The molecule has 0 radical (unpaired) electrons. The van der Waals surface area contributed by atoms with Gasteiger partial charge in [0.1, 0.15) is 5.82 Å². The number of hydrogen-bond donors (Lipinski definition) is 1. The molecule has 1 aromatic rings. The van der Waals surface area contributed by atoms with Crippen LogP contribution in [0.25, 0.3) is 0 Å². The van der Waals surface area contributed by atoms with E-state index >= 15 is 0 Å². The zero-order chi connectivity index (χ0) is 11.5. The van der Waals surface area contributed by atoms with Crippen molar-refractivity contribution in [3.05, 3.63) is 11.6 Å². The average Bonchev–Trinajstić information content (AvgIpc) is 3.02. The van der Waals surface area contributed by atoms with E-state index in [4.69, 9.17) is 0 Å². The van der Waals surface area contributed by atoms with Crippen LogP contribution in [0.2, 0.25) is 0 Å². The van der Waals surface area contributed by atoms with E-state index in [1.54, 1.807) is 0 Å². The zero-order valence-electron chi connectivity index (χ0n) is 9.86. The lowest BCUT2D eigenvalue weighted by molar-refractivity contribution is 0.0731. The highest BCUT2D eigenvalue weighted by Gasteiger charge is 2.33. The number of hydrogen-bond acceptors (Lipinski definition) is 3. The molecule has 5 nitrogen and oxygen atoms in total. The number of carbonyl (C=O) groups excluding carboxylic acids is 1. The van der Waals surface area contributed by atoms with Crippen molar-refractivity contribution in [3.63, 3.8) is 0 Å². The third-order valence-electron chi connectivity index (χ3n) is 2.77. The summed E-state index contributed by atoms with van der Waals surface area (Å²) in [5.41, 5.74) is 0. The Labute approximate surface area is 95.2 Å². The molecule has 0 atom stereocenters. The average molecular weight is 222 g/mol. The smallest absolute Gasteiger partial charge is 0.293 e. The van der Waals surface area contributed by atoms with Crippen LogP contribution in [0.5, 0.6) is 0 Å². The van der Waals surface area contributed by atoms with E-state index in [9.17, 15) is 4.79 Å². The largest absolute Gasteiger partial charge is 0.333 e. The lowest BCUT2D eigenvalue weighted by atomic mass is 10.3. The Bertz CT molecular complexity index is 370. The van der Waals surface area contributed by atoms with Crippen molar-refractivity contribution in [3.8, 4) is 0 Å². The summed E-state index contributed by atoms with van der Waals surface area (Å²) in [5.74, 6) is 1.06. The number of amides is 1. The van der Waals surface area contributed by atoms with Gasteiger partial charge < -0.3 is 4.90 Å². The molecule has 5 heteroatoms. The van der Waals surface area contributed by atoms with Gasteiger partial charge in [0, 0.05) is 19.0 Å². The van der Waals surface area contributed by atoms with E-state index in [-0.39, 0.29) is 5.91 Å². The molecule has 1 heterocycles. The van der Waals surface area contributed by atoms with Gasteiger partial charge in [0.2, 0.25) is 5.82 Å². The number of rotatable bonds is 5. The summed E-state index contributed by atoms with van der Waals surface area (Å²) in [4.78, 5) is 18.2. The number of nitrogens with zero attached hydrogens (tertiary/aromatic N) is 3. The fraction of sp³-hybridized carbons (Fsp3) is 0.727. The monoisotopic (exact) mass is 222 g/mol. The van der Waals surface area contributed by atoms with Gasteiger partial charge in [0.25, 0.3) is 5.91 Å². The Kier molecular flexibility index (Phi) is 3.22. The molecule has 0 aliphatic heterocycles. The second kappa shape index (κ2) is 4.63. The van der Waals surface area contributed by atoms with E-state index in [2.05, 4.69) is 22.1 Å².